The van der Waals surface area contributed by atoms with Crippen molar-refractivity contribution in [1.82, 2.24) is 0 Å². The number of fused-ring (bicyclic) bond motifs is 14. The minimum atomic E-state index is -0.328. The van der Waals surface area contributed by atoms with Crippen LogP contribution in [0.1, 0.15) is 52.9 Å². The number of esters is 1. The van der Waals surface area contributed by atoms with Crippen LogP contribution in [0.15, 0.2) is 0 Å². The zero-order valence-corrected chi connectivity index (χ0v) is 15.1. The van der Waals surface area contributed by atoms with Crippen molar-refractivity contribution in [1.29, 1.82) is 0 Å². The Bertz CT molecular complexity index is 598. The Balaban J connectivity index is 1.22. The molecule has 3 nitrogen and oxygen atoms in total. The van der Waals surface area contributed by atoms with Crippen molar-refractivity contribution in [2.24, 2.45) is 52.8 Å². The van der Waals surface area contributed by atoms with Crippen LogP contribution in [0.4, 0.5) is 0 Å². The fourth-order valence-corrected chi connectivity index (χ4v) is 8.08. The van der Waals surface area contributed by atoms with E-state index in [1.807, 2.05) is 13.8 Å². The standard InChI is InChI=1S/C21H30O3/c1-4-21(2,3)20(22)24-14-6-9-5-12(14)17-10-7-13(16(9)17)18-11(10)8-15-19(18)23-15/h9-19H,4-8H2,1-3H3. The van der Waals surface area contributed by atoms with Crippen LogP contribution in [-0.4, -0.2) is 24.3 Å². The third-order valence-electron chi connectivity index (χ3n) is 9.34. The lowest BCUT2D eigenvalue weighted by Gasteiger charge is -2.43. The first-order valence-electron chi connectivity index (χ1n) is 10.4. The van der Waals surface area contributed by atoms with Gasteiger partial charge in [0.25, 0.3) is 0 Å². The minimum Gasteiger partial charge on any atom is -0.462 e. The third kappa shape index (κ3) is 1.61. The van der Waals surface area contributed by atoms with Gasteiger partial charge in [-0.15, -0.1) is 0 Å². The lowest BCUT2D eigenvalue weighted by Crippen LogP contribution is -2.44. The molecule has 1 heterocycles. The zero-order chi connectivity index (χ0) is 16.4. The number of carbonyl (C=O) groups excluding carboxylic acids is 1. The van der Waals surface area contributed by atoms with Gasteiger partial charge in [0, 0.05) is 0 Å². The van der Waals surface area contributed by atoms with E-state index in [4.69, 9.17) is 9.47 Å². The van der Waals surface area contributed by atoms with E-state index in [0.29, 0.717) is 18.1 Å². The maximum atomic E-state index is 12.6. The summed E-state index contributed by atoms with van der Waals surface area (Å²) in [4.78, 5) is 12.6. The summed E-state index contributed by atoms with van der Waals surface area (Å²) in [5.74, 6) is 7.08. The van der Waals surface area contributed by atoms with E-state index >= 15 is 0 Å². The van der Waals surface area contributed by atoms with E-state index in [1.54, 1.807) is 0 Å². The Morgan fingerprint density at radius 1 is 1.00 bits per heavy atom. The highest BCUT2D eigenvalue weighted by Crippen LogP contribution is 2.75. The molecule has 6 aliphatic rings. The monoisotopic (exact) mass is 330 g/mol. The molecule has 0 aromatic rings. The van der Waals surface area contributed by atoms with Gasteiger partial charge in [-0.25, -0.2) is 0 Å². The highest BCUT2D eigenvalue weighted by atomic mass is 16.6. The summed E-state index contributed by atoms with van der Waals surface area (Å²) in [6.07, 6.45) is 7.63. The smallest absolute Gasteiger partial charge is 0.311 e. The average Bonchev–Trinajstić information content (AvgIpc) is 3.04. The summed E-state index contributed by atoms with van der Waals surface area (Å²) in [5.41, 5.74) is -0.328. The zero-order valence-electron chi connectivity index (χ0n) is 15.1. The molecule has 1 aliphatic heterocycles. The second-order valence-corrected chi connectivity index (χ2v) is 10.4. The lowest BCUT2D eigenvalue weighted by molar-refractivity contribution is -0.165. The Labute approximate surface area is 144 Å². The van der Waals surface area contributed by atoms with Gasteiger partial charge in [-0.05, 0) is 93.3 Å². The SMILES string of the molecule is CCC(C)(C)C(=O)OC1CC2CC1C1C3CC(C4C3CC3OC34)C21. The van der Waals surface area contributed by atoms with Crippen LogP contribution in [0.2, 0.25) is 0 Å². The summed E-state index contributed by atoms with van der Waals surface area (Å²) in [6, 6.07) is 0. The predicted octanol–water partition coefficient (Wildman–Crippen LogP) is 3.66. The van der Waals surface area contributed by atoms with Crippen molar-refractivity contribution in [3.05, 3.63) is 0 Å². The van der Waals surface area contributed by atoms with Crippen molar-refractivity contribution < 1.29 is 14.3 Å². The van der Waals surface area contributed by atoms with Gasteiger partial charge in [0.1, 0.15) is 6.10 Å². The molecule has 11 atom stereocenters. The van der Waals surface area contributed by atoms with Gasteiger partial charge in [0.15, 0.2) is 0 Å². The molecule has 0 amide bonds. The molecule has 0 aromatic carbocycles. The number of rotatable bonds is 3. The number of hydrogen-bond acceptors (Lipinski definition) is 3. The number of epoxide rings is 1. The largest absolute Gasteiger partial charge is 0.462 e. The van der Waals surface area contributed by atoms with Crippen molar-refractivity contribution in [2.75, 3.05) is 0 Å². The molecule has 5 aliphatic carbocycles. The van der Waals surface area contributed by atoms with Gasteiger partial charge in [-0.1, -0.05) is 6.92 Å². The summed E-state index contributed by atoms with van der Waals surface area (Å²) >= 11 is 0. The van der Waals surface area contributed by atoms with Crippen molar-refractivity contribution >= 4 is 5.97 Å². The topological polar surface area (TPSA) is 38.8 Å². The summed E-state index contributed by atoms with van der Waals surface area (Å²) in [5, 5.41) is 0. The van der Waals surface area contributed by atoms with Crippen molar-refractivity contribution in [2.45, 2.75) is 71.2 Å². The molecule has 4 bridgehead atoms. The molecule has 1 saturated heterocycles. The lowest BCUT2D eigenvalue weighted by atomic mass is 9.63. The second-order valence-electron chi connectivity index (χ2n) is 10.4. The quantitative estimate of drug-likeness (QED) is 0.450. The molecule has 3 heteroatoms. The van der Waals surface area contributed by atoms with Crippen LogP contribution in [0.3, 0.4) is 0 Å². The van der Waals surface area contributed by atoms with Gasteiger partial charge < -0.3 is 9.47 Å². The van der Waals surface area contributed by atoms with Crippen LogP contribution in [0, 0.1) is 52.8 Å². The molecule has 132 valence electrons. The molecule has 24 heavy (non-hydrogen) atoms. The summed E-state index contributed by atoms with van der Waals surface area (Å²) in [7, 11) is 0. The normalized spacial score (nSPS) is 58.5. The third-order valence-corrected chi connectivity index (χ3v) is 9.34. The van der Waals surface area contributed by atoms with E-state index in [2.05, 4.69) is 6.92 Å². The molecule has 0 radical (unpaired) electrons. The molecular formula is C21H30O3. The van der Waals surface area contributed by atoms with Crippen LogP contribution in [-0.2, 0) is 14.3 Å². The van der Waals surface area contributed by atoms with Crippen LogP contribution in [0.25, 0.3) is 0 Å². The van der Waals surface area contributed by atoms with E-state index < -0.39 is 0 Å². The second kappa shape index (κ2) is 4.39. The maximum Gasteiger partial charge on any atom is 0.311 e. The first kappa shape index (κ1) is 14.6. The van der Waals surface area contributed by atoms with Gasteiger partial charge in [-0.3, -0.25) is 4.79 Å². The van der Waals surface area contributed by atoms with E-state index in [0.717, 1.165) is 54.3 Å². The highest BCUT2D eigenvalue weighted by molar-refractivity contribution is 5.76. The predicted molar refractivity (Wildman–Crippen MR) is 89.0 cm³/mol. The van der Waals surface area contributed by atoms with Crippen LogP contribution < -0.4 is 0 Å². The van der Waals surface area contributed by atoms with Crippen molar-refractivity contribution in [3.63, 3.8) is 0 Å². The molecule has 6 fully saturated rings. The fourth-order valence-electron chi connectivity index (χ4n) is 8.08. The number of hydrogen-bond donors (Lipinski definition) is 0. The Morgan fingerprint density at radius 2 is 1.79 bits per heavy atom. The molecule has 5 saturated carbocycles. The van der Waals surface area contributed by atoms with Gasteiger partial charge >= 0.3 is 5.97 Å². The molecular weight excluding hydrogens is 300 g/mol. The first-order valence-corrected chi connectivity index (χ1v) is 10.4. The van der Waals surface area contributed by atoms with E-state index in [-0.39, 0.29) is 17.5 Å². The Kier molecular flexibility index (Phi) is 2.67. The highest BCUT2D eigenvalue weighted by Gasteiger charge is 2.74. The molecule has 11 unspecified atom stereocenters. The fraction of sp³-hybridized carbons (Fsp3) is 0.952. The average molecular weight is 330 g/mol. The van der Waals surface area contributed by atoms with E-state index in [1.165, 1.54) is 19.3 Å². The molecule has 0 N–H and O–H groups in total. The van der Waals surface area contributed by atoms with E-state index in [9.17, 15) is 4.79 Å². The summed E-state index contributed by atoms with van der Waals surface area (Å²) in [6.45, 7) is 6.14. The maximum absolute atomic E-state index is 12.6. The van der Waals surface area contributed by atoms with Gasteiger partial charge in [0.05, 0.1) is 17.6 Å². The summed E-state index contributed by atoms with van der Waals surface area (Å²) < 4.78 is 12.0. The first-order chi connectivity index (χ1) is 11.5. The van der Waals surface area contributed by atoms with Gasteiger partial charge in [-0.2, -0.15) is 0 Å². The van der Waals surface area contributed by atoms with Crippen LogP contribution in [0.5, 0.6) is 0 Å². The van der Waals surface area contributed by atoms with Gasteiger partial charge in [0.2, 0.25) is 0 Å². The molecule has 6 rings (SSSR count). The van der Waals surface area contributed by atoms with Crippen LogP contribution >= 0.6 is 0 Å². The molecule has 0 aromatic heterocycles. The van der Waals surface area contributed by atoms with Crippen molar-refractivity contribution in [3.8, 4) is 0 Å². The number of ether oxygens (including phenoxy) is 2. The Hall–Kier alpha value is -0.570. The Morgan fingerprint density at radius 3 is 2.58 bits per heavy atom. The number of carbonyl (C=O) groups is 1. The minimum absolute atomic E-state index is 0.0376. The molecule has 0 spiro atoms.